The minimum absolute atomic E-state index is 0.00614. The van der Waals surface area contributed by atoms with Gasteiger partial charge in [0.05, 0.1) is 11.0 Å². The average Bonchev–Trinajstić information content (AvgIpc) is 3.39. The number of ether oxygens (including phenoxy) is 1. The Labute approximate surface area is 221 Å². The summed E-state index contributed by atoms with van der Waals surface area (Å²) in [6.45, 7) is 11.1. The molecule has 2 N–H and O–H groups in total. The van der Waals surface area contributed by atoms with Gasteiger partial charge in [-0.2, -0.15) is 0 Å². The van der Waals surface area contributed by atoms with Gasteiger partial charge < -0.3 is 29.2 Å². The van der Waals surface area contributed by atoms with Gasteiger partial charge in [-0.3, -0.25) is 9.59 Å². The van der Waals surface area contributed by atoms with Crippen LogP contribution in [-0.4, -0.2) is 58.8 Å². The van der Waals surface area contributed by atoms with Crippen LogP contribution >= 0.6 is 0 Å². The van der Waals surface area contributed by atoms with Gasteiger partial charge in [-0.05, 0) is 25.7 Å². The SMILES string of the molecule is CCCN(CCC)C1=CC(=O)C2=C(C(=O)c3c(O)oc4cc(N(CCC)CCC)cc(O)c34)C(=O)OC2=C1. The van der Waals surface area contributed by atoms with Gasteiger partial charge in [-0.15, -0.1) is 0 Å². The van der Waals surface area contributed by atoms with Crippen molar-refractivity contribution < 1.29 is 33.8 Å². The number of benzene rings is 1. The van der Waals surface area contributed by atoms with Crippen molar-refractivity contribution in [3.63, 3.8) is 0 Å². The first-order valence-electron chi connectivity index (χ1n) is 13.2. The molecule has 1 aliphatic carbocycles. The molecule has 1 aliphatic heterocycles. The largest absolute Gasteiger partial charge is 0.507 e. The first-order valence-corrected chi connectivity index (χ1v) is 13.2. The molecule has 0 unspecified atom stereocenters. The summed E-state index contributed by atoms with van der Waals surface area (Å²) >= 11 is 0. The number of carbonyl (C=O) groups excluding carboxylic acids is 3. The molecule has 0 radical (unpaired) electrons. The number of hydrogen-bond donors (Lipinski definition) is 2. The highest BCUT2D eigenvalue weighted by Gasteiger charge is 2.42. The van der Waals surface area contributed by atoms with E-state index < -0.39 is 29.1 Å². The number of esters is 1. The van der Waals surface area contributed by atoms with Crippen molar-refractivity contribution in [1.82, 2.24) is 4.90 Å². The third-order valence-corrected chi connectivity index (χ3v) is 6.60. The summed E-state index contributed by atoms with van der Waals surface area (Å²) in [7, 11) is 0. The summed E-state index contributed by atoms with van der Waals surface area (Å²) in [4.78, 5) is 43.8. The lowest BCUT2D eigenvalue weighted by molar-refractivity contribution is -0.132. The van der Waals surface area contributed by atoms with Crippen molar-refractivity contribution >= 4 is 34.2 Å². The first-order chi connectivity index (χ1) is 18.2. The first kappa shape index (κ1) is 27.0. The van der Waals surface area contributed by atoms with Gasteiger partial charge in [0.15, 0.2) is 5.78 Å². The lowest BCUT2D eigenvalue weighted by Gasteiger charge is -2.26. The van der Waals surface area contributed by atoms with Crippen LogP contribution in [0.25, 0.3) is 11.0 Å². The van der Waals surface area contributed by atoms with Gasteiger partial charge >= 0.3 is 5.97 Å². The number of aromatic hydroxyl groups is 2. The number of Topliss-reactive ketones (excluding diaryl/α,β-unsaturated/α-hetero) is 1. The summed E-state index contributed by atoms with van der Waals surface area (Å²) in [5, 5.41) is 21.5. The standard InChI is InChI=1S/C29H34N2O7/c1-5-9-30(10-6-2)17-13-19(32)23-21(15-17)37-28(35)25(23)27(34)26-24-20(33)14-18(16-22(24)38-29(26)36)31(11-7-3)12-8-4/h13-16,32,35H,5-12H2,1-4H3. The van der Waals surface area contributed by atoms with E-state index in [9.17, 15) is 24.6 Å². The van der Waals surface area contributed by atoms with Gasteiger partial charge in [0.25, 0.3) is 5.95 Å². The number of furan rings is 1. The maximum atomic E-state index is 13.6. The predicted octanol–water partition coefficient (Wildman–Crippen LogP) is 4.98. The topological polar surface area (TPSA) is 121 Å². The van der Waals surface area contributed by atoms with Crippen LogP contribution in [0.4, 0.5) is 5.69 Å². The Kier molecular flexibility index (Phi) is 7.94. The molecule has 2 aliphatic rings. The van der Waals surface area contributed by atoms with E-state index in [1.165, 1.54) is 12.1 Å². The minimum atomic E-state index is -0.987. The summed E-state index contributed by atoms with van der Waals surface area (Å²) < 4.78 is 10.8. The molecule has 0 amide bonds. The van der Waals surface area contributed by atoms with Gasteiger partial charge in [0.1, 0.15) is 28.2 Å². The summed E-state index contributed by atoms with van der Waals surface area (Å²) in [5.41, 5.74) is 0.362. The zero-order valence-electron chi connectivity index (χ0n) is 22.3. The zero-order valence-corrected chi connectivity index (χ0v) is 22.3. The molecule has 0 saturated heterocycles. The lowest BCUT2D eigenvalue weighted by Crippen LogP contribution is -2.26. The smallest absolute Gasteiger partial charge is 0.348 e. The zero-order chi connectivity index (χ0) is 27.6. The Bertz CT molecular complexity index is 1370. The molecular weight excluding hydrogens is 488 g/mol. The van der Waals surface area contributed by atoms with Crippen molar-refractivity contribution in [3.05, 3.63) is 52.5 Å². The maximum absolute atomic E-state index is 13.6. The summed E-state index contributed by atoms with van der Waals surface area (Å²) in [6, 6.07) is 3.15. The number of allylic oxidation sites excluding steroid dienone is 3. The second-order valence-electron chi connectivity index (χ2n) is 9.51. The molecule has 38 heavy (non-hydrogen) atoms. The number of carbonyl (C=O) groups is 3. The third kappa shape index (κ3) is 4.80. The van der Waals surface area contributed by atoms with Crippen LogP contribution in [0.5, 0.6) is 11.7 Å². The molecule has 4 rings (SSSR count). The van der Waals surface area contributed by atoms with Crippen molar-refractivity contribution in [2.45, 2.75) is 53.4 Å². The number of fused-ring (bicyclic) bond motifs is 2. The second kappa shape index (κ2) is 11.2. The Morgan fingerprint density at radius 3 is 2.08 bits per heavy atom. The van der Waals surface area contributed by atoms with Crippen LogP contribution in [-0.2, 0) is 14.3 Å². The lowest BCUT2D eigenvalue weighted by atomic mass is 9.93. The maximum Gasteiger partial charge on any atom is 0.348 e. The fourth-order valence-electron chi connectivity index (χ4n) is 5.06. The van der Waals surface area contributed by atoms with E-state index in [2.05, 4.69) is 4.90 Å². The Hall–Kier alpha value is -4.01. The third-order valence-electron chi connectivity index (χ3n) is 6.60. The number of nitrogens with zero attached hydrogens (tertiary/aromatic N) is 2. The van der Waals surface area contributed by atoms with Crippen LogP contribution in [0.15, 0.2) is 51.3 Å². The highest BCUT2D eigenvalue weighted by Crippen LogP contribution is 2.43. The van der Waals surface area contributed by atoms with E-state index in [1.54, 1.807) is 12.1 Å². The fraction of sp³-hybridized carbons (Fsp3) is 0.414. The average molecular weight is 523 g/mol. The van der Waals surface area contributed by atoms with E-state index in [-0.39, 0.29) is 33.6 Å². The molecule has 0 spiro atoms. The van der Waals surface area contributed by atoms with Crippen LogP contribution in [0.2, 0.25) is 0 Å². The van der Waals surface area contributed by atoms with E-state index in [1.807, 2.05) is 32.6 Å². The number of rotatable bonds is 12. The van der Waals surface area contributed by atoms with Gasteiger partial charge in [-0.1, -0.05) is 27.7 Å². The monoisotopic (exact) mass is 522 g/mol. The van der Waals surface area contributed by atoms with Gasteiger partial charge in [0, 0.05) is 61.8 Å². The molecule has 0 atom stereocenters. The Morgan fingerprint density at radius 2 is 1.47 bits per heavy atom. The molecule has 1 aromatic carbocycles. The van der Waals surface area contributed by atoms with E-state index >= 15 is 0 Å². The number of anilines is 1. The van der Waals surface area contributed by atoms with Crippen LogP contribution in [0, 0.1) is 0 Å². The molecule has 9 heteroatoms. The molecule has 9 nitrogen and oxygen atoms in total. The highest BCUT2D eigenvalue weighted by atomic mass is 16.5. The Balaban J connectivity index is 1.77. The van der Waals surface area contributed by atoms with E-state index in [0.29, 0.717) is 11.4 Å². The second-order valence-corrected chi connectivity index (χ2v) is 9.51. The van der Waals surface area contributed by atoms with Crippen molar-refractivity contribution in [2.75, 3.05) is 31.1 Å². The quantitative estimate of drug-likeness (QED) is 0.226. The van der Waals surface area contributed by atoms with Crippen LogP contribution in [0.1, 0.15) is 63.7 Å². The van der Waals surface area contributed by atoms with E-state index in [0.717, 1.165) is 51.9 Å². The number of phenolic OH excluding ortho intramolecular Hbond substituents is 1. The minimum Gasteiger partial charge on any atom is -0.507 e. The summed E-state index contributed by atoms with van der Waals surface area (Å²) in [5.74, 6) is -3.48. The molecule has 202 valence electrons. The van der Waals surface area contributed by atoms with Crippen molar-refractivity contribution in [3.8, 4) is 11.7 Å². The molecule has 0 bridgehead atoms. The van der Waals surface area contributed by atoms with Crippen LogP contribution in [0.3, 0.4) is 0 Å². The Morgan fingerprint density at radius 1 is 0.868 bits per heavy atom. The summed E-state index contributed by atoms with van der Waals surface area (Å²) in [6.07, 6.45) is 6.50. The highest BCUT2D eigenvalue weighted by molar-refractivity contribution is 6.35. The number of ketones is 2. The predicted molar refractivity (Wildman–Crippen MR) is 143 cm³/mol. The van der Waals surface area contributed by atoms with Crippen molar-refractivity contribution in [1.29, 1.82) is 0 Å². The van der Waals surface area contributed by atoms with Gasteiger partial charge in [0.2, 0.25) is 5.78 Å². The molecule has 1 aromatic heterocycles. The van der Waals surface area contributed by atoms with Crippen LogP contribution < -0.4 is 4.90 Å². The number of hydrogen-bond acceptors (Lipinski definition) is 9. The molecule has 2 heterocycles. The number of phenols is 1. The fourth-order valence-corrected chi connectivity index (χ4v) is 5.06. The molecule has 0 saturated carbocycles. The van der Waals surface area contributed by atoms with Gasteiger partial charge in [-0.25, -0.2) is 4.79 Å². The molecule has 0 fully saturated rings. The molecule has 2 aromatic rings. The van der Waals surface area contributed by atoms with Crippen molar-refractivity contribution in [2.24, 2.45) is 0 Å². The van der Waals surface area contributed by atoms with E-state index in [4.69, 9.17) is 9.15 Å². The normalized spacial score (nSPS) is 14.9. The molecular formula is C29H34N2O7.